The average Bonchev–Trinajstić information content (AvgIpc) is 3.03. The number of likely N-dealkylation sites (N-methyl/N-ethyl adjacent to an activating group) is 1. The molecule has 4 rings (SSSR count). The smallest absolute Gasteiger partial charge is 0.264 e. The molecule has 0 aliphatic rings. The number of nitrogens with zero attached hydrogens (tertiary/aromatic N) is 2. The lowest BCUT2D eigenvalue weighted by Gasteiger charge is -2.34. The molecule has 0 unspecified atom stereocenters. The topological polar surface area (TPSA) is 96.0 Å². The number of sulfonamides is 1. The van der Waals surface area contributed by atoms with Gasteiger partial charge in [0.15, 0.2) is 0 Å². The second-order valence-corrected chi connectivity index (χ2v) is 12.2. The number of nitrogens with one attached hydrogen (secondary N) is 1. The lowest BCUT2D eigenvalue weighted by atomic mass is 10.0. The van der Waals surface area contributed by atoms with Gasteiger partial charge >= 0.3 is 0 Å². The molecule has 230 valence electrons. The zero-order valence-electron chi connectivity index (χ0n) is 24.3. The number of hydrogen-bond donors (Lipinski definition) is 1. The van der Waals surface area contributed by atoms with Gasteiger partial charge in [-0.05, 0) is 60.5 Å². The molecule has 1 atom stereocenters. The van der Waals surface area contributed by atoms with Crippen molar-refractivity contribution in [2.24, 2.45) is 0 Å². The van der Waals surface area contributed by atoms with Gasteiger partial charge in [0, 0.05) is 19.5 Å². The second kappa shape index (κ2) is 14.9. The van der Waals surface area contributed by atoms with Crippen LogP contribution < -0.4 is 14.4 Å². The molecule has 11 heteroatoms. The van der Waals surface area contributed by atoms with Crippen LogP contribution in [0.4, 0.5) is 10.1 Å². The molecule has 44 heavy (non-hydrogen) atoms. The Bertz CT molecular complexity index is 1670. The van der Waals surface area contributed by atoms with Crippen molar-refractivity contribution >= 4 is 39.1 Å². The van der Waals surface area contributed by atoms with Crippen LogP contribution in [-0.2, 0) is 32.6 Å². The van der Waals surface area contributed by atoms with E-state index in [1.807, 2.05) is 30.3 Å². The molecule has 0 saturated heterocycles. The number of halogens is 2. The maximum atomic E-state index is 14.3. The molecule has 0 aromatic heterocycles. The molecule has 4 aromatic rings. The van der Waals surface area contributed by atoms with Crippen LogP contribution >= 0.6 is 11.6 Å². The summed E-state index contributed by atoms with van der Waals surface area (Å²) in [6.07, 6.45) is 0.166. The molecule has 0 fully saturated rings. The lowest BCUT2D eigenvalue weighted by Crippen LogP contribution is -2.53. The maximum Gasteiger partial charge on any atom is 0.264 e. The number of benzene rings is 4. The summed E-state index contributed by atoms with van der Waals surface area (Å²) in [7, 11) is -2.84. The van der Waals surface area contributed by atoms with Crippen molar-refractivity contribution in [2.45, 2.75) is 30.8 Å². The van der Waals surface area contributed by atoms with Crippen LogP contribution in [0.3, 0.4) is 0 Å². The van der Waals surface area contributed by atoms with Crippen molar-refractivity contribution < 1.29 is 27.1 Å². The molecule has 0 heterocycles. The summed E-state index contributed by atoms with van der Waals surface area (Å²) in [4.78, 5) is 29.1. The Kier molecular flexibility index (Phi) is 11.0. The summed E-state index contributed by atoms with van der Waals surface area (Å²) in [6, 6.07) is 25.9. The van der Waals surface area contributed by atoms with Crippen LogP contribution in [0.15, 0.2) is 108 Å². The van der Waals surface area contributed by atoms with E-state index in [0.717, 1.165) is 9.87 Å². The van der Waals surface area contributed by atoms with Gasteiger partial charge < -0.3 is 15.0 Å². The third kappa shape index (κ3) is 7.94. The zero-order valence-corrected chi connectivity index (χ0v) is 25.9. The largest absolute Gasteiger partial charge is 0.495 e. The first-order chi connectivity index (χ1) is 21.1. The van der Waals surface area contributed by atoms with Crippen molar-refractivity contribution in [3.05, 3.63) is 125 Å². The number of carbonyl (C=O) groups excluding carboxylic acids is 2. The highest BCUT2D eigenvalue weighted by molar-refractivity contribution is 7.92. The minimum atomic E-state index is -4.28. The van der Waals surface area contributed by atoms with E-state index < -0.39 is 40.2 Å². The van der Waals surface area contributed by atoms with Gasteiger partial charge in [-0.25, -0.2) is 12.8 Å². The fourth-order valence-electron chi connectivity index (χ4n) is 4.69. The van der Waals surface area contributed by atoms with Gasteiger partial charge in [-0.15, -0.1) is 0 Å². The molecule has 0 spiro atoms. The highest BCUT2D eigenvalue weighted by Gasteiger charge is 2.34. The summed E-state index contributed by atoms with van der Waals surface area (Å²) >= 11 is 6.38. The molecule has 2 amide bonds. The Morgan fingerprint density at radius 2 is 1.55 bits per heavy atom. The van der Waals surface area contributed by atoms with E-state index in [1.165, 1.54) is 66.6 Å². The molecule has 0 saturated carbocycles. The van der Waals surface area contributed by atoms with Crippen molar-refractivity contribution in [1.29, 1.82) is 0 Å². The van der Waals surface area contributed by atoms with Gasteiger partial charge in [-0.3, -0.25) is 13.9 Å². The van der Waals surface area contributed by atoms with E-state index in [9.17, 15) is 22.4 Å². The van der Waals surface area contributed by atoms with Gasteiger partial charge in [0.25, 0.3) is 10.0 Å². The van der Waals surface area contributed by atoms with Crippen molar-refractivity contribution in [3.63, 3.8) is 0 Å². The van der Waals surface area contributed by atoms with E-state index >= 15 is 0 Å². The van der Waals surface area contributed by atoms with Crippen molar-refractivity contribution in [3.8, 4) is 5.75 Å². The number of anilines is 1. The summed E-state index contributed by atoms with van der Waals surface area (Å²) in [5.74, 6) is -1.17. The highest BCUT2D eigenvalue weighted by atomic mass is 35.5. The molecule has 0 aliphatic heterocycles. The number of rotatable bonds is 13. The van der Waals surface area contributed by atoms with Crippen LogP contribution in [0, 0.1) is 5.82 Å². The molecule has 0 aliphatic carbocycles. The quantitative estimate of drug-likeness (QED) is 0.210. The first-order valence-corrected chi connectivity index (χ1v) is 15.7. The monoisotopic (exact) mass is 637 g/mol. The number of methoxy groups -OCH3 is 1. The Morgan fingerprint density at radius 3 is 2.14 bits per heavy atom. The fourth-order valence-corrected chi connectivity index (χ4v) is 6.37. The summed E-state index contributed by atoms with van der Waals surface area (Å²) < 4.78 is 48.0. The van der Waals surface area contributed by atoms with Crippen LogP contribution in [0.1, 0.15) is 18.1 Å². The Morgan fingerprint density at radius 1 is 0.909 bits per heavy atom. The number of carbonyl (C=O) groups is 2. The van der Waals surface area contributed by atoms with E-state index in [4.69, 9.17) is 16.3 Å². The summed E-state index contributed by atoms with van der Waals surface area (Å²) in [6.45, 7) is 1.37. The van der Waals surface area contributed by atoms with Gasteiger partial charge in [-0.1, -0.05) is 72.3 Å². The average molecular weight is 638 g/mol. The van der Waals surface area contributed by atoms with Crippen molar-refractivity contribution in [2.75, 3.05) is 24.5 Å². The van der Waals surface area contributed by atoms with E-state index in [2.05, 4.69) is 5.32 Å². The predicted molar refractivity (Wildman–Crippen MR) is 169 cm³/mol. The molecular weight excluding hydrogens is 605 g/mol. The van der Waals surface area contributed by atoms with Crippen molar-refractivity contribution in [1.82, 2.24) is 10.2 Å². The SMILES string of the molecule is CCNC(=O)[C@H](Cc1ccccc1)N(Cc1ccc(F)cc1)C(=O)CN(c1ccc(OC)c(Cl)c1)S(=O)(=O)c1ccccc1. The molecule has 4 aromatic carbocycles. The fraction of sp³-hybridized carbons (Fsp3) is 0.212. The first kappa shape index (κ1) is 32.5. The van der Waals surface area contributed by atoms with Crippen LogP contribution in [0.2, 0.25) is 5.02 Å². The van der Waals surface area contributed by atoms with Gasteiger partial charge in [0.2, 0.25) is 11.8 Å². The highest BCUT2D eigenvalue weighted by Crippen LogP contribution is 2.32. The van der Waals surface area contributed by atoms with Crippen LogP contribution in [-0.4, -0.2) is 51.4 Å². The number of hydrogen-bond acceptors (Lipinski definition) is 5. The lowest BCUT2D eigenvalue weighted by molar-refractivity contribution is -0.140. The van der Waals surface area contributed by atoms with Crippen LogP contribution in [0.25, 0.3) is 0 Å². The minimum Gasteiger partial charge on any atom is -0.495 e. The van der Waals surface area contributed by atoms with Crippen LogP contribution in [0.5, 0.6) is 5.75 Å². The van der Waals surface area contributed by atoms with E-state index in [0.29, 0.717) is 17.9 Å². The normalized spacial score (nSPS) is 11.8. The third-order valence-electron chi connectivity index (χ3n) is 6.92. The molecule has 0 bridgehead atoms. The molecule has 8 nitrogen and oxygen atoms in total. The maximum absolute atomic E-state index is 14.3. The molecular formula is C33H33ClFN3O5S. The zero-order chi connectivity index (χ0) is 31.7. The molecule has 1 N–H and O–H groups in total. The van der Waals surface area contributed by atoms with Gasteiger partial charge in [-0.2, -0.15) is 0 Å². The van der Waals surface area contributed by atoms with E-state index in [-0.39, 0.29) is 28.6 Å². The Balaban J connectivity index is 1.80. The molecule has 0 radical (unpaired) electrons. The third-order valence-corrected chi connectivity index (χ3v) is 9.01. The Labute approximate surface area is 262 Å². The Hall–Kier alpha value is -4.41. The summed E-state index contributed by atoms with van der Waals surface area (Å²) in [5, 5.41) is 2.95. The van der Waals surface area contributed by atoms with Gasteiger partial charge in [0.1, 0.15) is 24.2 Å². The number of amides is 2. The summed E-state index contributed by atoms with van der Waals surface area (Å²) in [5.41, 5.74) is 1.50. The minimum absolute atomic E-state index is 0.0330. The number of ether oxygens (including phenoxy) is 1. The van der Waals surface area contributed by atoms with Gasteiger partial charge in [0.05, 0.1) is 22.7 Å². The van der Waals surface area contributed by atoms with E-state index in [1.54, 1.807) is 25.1 Å². The first-order valence-electron chi connectivity index (χ1n) is 13.9. The second-order valence-electron chi connectivity index (χ2n) is 9.89. The standard InChI is InChI=1S/C33H33ClFN3O5S/c1-3-36-33(40)30(20-24-10-6-4-7-11-24)37(22-25-14-16-26(35)17-15-25)32(39)23-38(27-18-19-31(43-2)29(34)21-27)44(41,42)28-12-8-5-9-13-28/h4-19,21,30H,3,20,22-23H2,1-2H3,(H,36,40)/t30-/m0/s1. The predicted octanol–water partition coefficient (Wildman–Crippen LogP) is 5.46.